The van der Waals surface area contributed by atoms with E-state index < -0.39 is 0 Å². The van der Waals surface area contributed by atoms with Crippen molar-refractivity contribution in [3.8, 4) is 0 Å². The quantitative estimate of drug-likeness (QED) is 0.642. The van der Waals surface area contributed by atoms with Gasteiger partial charge in [0.25, 0.3) is 0 Å². The molecule has 1 aromatic rings. The Bertz CT molecular complexity index is 326. The molecular formula is C11H21N2P. The van der Waals surface area contributed by atoms with Gasteiger partial charge in [0.1, 0.15) is 0 Å². The Balaban J connectivity index is 3.19. The second-order valence-electron chi connectivity index (χ2n) is 5.88. The van der Waals surface area contributed by atoms with Gasteiger partial charge in [0.2, 0.25) is 0 Å². The Morgan fingerprint density at radius 1 is 1.00 bits per heavy atom. The highest BCUT2D eigenvalue weighted by molar-refractivity contribution is 7.31. The van der Waals surface area contributed by atoms with Gasteiger partial charge in [0.05, 0.1) is 10.9 Å². The summed E-state index contributed by atoms with van der Waals surface area (Å²) in [5.41, 5.74) is 3.06. The SMILES string of the molecule is Cn1nc(C(C)(C)C)pc1C(C)(C)C. The van der Waals surface area contributed by atoms with Gasteiger partial charge < -0.3 is 0 Å². The van der Waals surface area contributed by atoms with Crippen LogP contribution in [0.3, 0.4) is 0 Å². The summed E-state index contributed by atoms with van der Waals surface area (Å²) in [5.74, 6) is 0. The summed E-state index contributed by atoms with van der Waals surface area (Å²) in [6.45, 7) is 13.4. The Kier molecular flexibility index (Phi) is 2.80. The molecule has 0 radical (unpaired) electrons. The molecule has 0 saturated carbocycles. The molecule has 3 heteroatoms. The molecule has 1 rings (SSSR count). The maximum Gasteiger partial charge on any atom is 0.0947 e. The van der Waals surface area contributed by atoms with E-state index in [0.29, 0.717) is 0 Å². The summed E-state index contributed by atoms with van der Waals surface area (Å²) in [6, 6.07) is 0. The third kappa shape index (κ3) is 2.36. The van der Waals surface area contributed by atoms with E-state index >= 15 is 0 Å². The Morgan fingerprint density at radius 3 is 1.71 bits per heavy atom. The van der Waals surface area contributed by atoms with Crippen molar-refractivity contribution in [3.63, 3.8) is 0 Å². The van der Waals surface area contributed by atoms with Crippen molar-refractivity contribution in [3.05, 3.63) is 10.9 Å². The zero-order chi connectivity index (χ0) is 11.1. The van der Waals surface area contributed by atoms with E-state index in [-0.39, 0.29) is 10.8 Å². The van der Waals surface area contributed by atoms with Crippen LogP contribution in [-0.4, -0.2) is 9.78 Å². The molecular weight excluding hydrogens is 191 g/mol. The summed E-state index contributed by atoms with van der Waals surface area (Å²) in [7, 11) is 3.34. The van der Waals surface area contributed by atoms with Gasteiger partial charge in [-0.25, -0.2) is 0 Å². The molecule has 0 aliphatic carbocycles. The van der Waals surface area contributed by atoms with E-state index in [1.165, 1.54) is 19.0 Å². The van der Waals surface area contributed by atoms with Crippen molar-refractivity contribution in [2.45, 2.75) is 52.4 Å². The lowest BCUT2D eigenvalue weighted by Crippen LogP contribution is -2.15. The van der Waals surface area contributed by atoms with Gasteiger partial charge in [-0.15, -0.1) is 0 Å². The Morgan fingerprint density at radius 2 is 1.50 bits per heavy atom. The topological polar surface area (TPSA) is 17.8 Å². The van der Waals surface area contributed by atoms with Crippen LogP contribution in [0.2, 0.25) is 0 Å². The van der Waals surface area contributed by atoms with Crippen LogP contribution in [0.15, 0.2) is 0 Å². The van der Waals surface area contributed by atoms with Gasteiger partial charge >= 0.3 is 0 Å². The van der Waals surface area contributed by atoms with Crippen molar-refractivity contribution in [1.29, 1.82) is 0 Å². The van der Waals surface area contributed by atoms with E-state index in [2.05, 4.69) is 46.6 Å². The van der Waals surface area contributed by atoms with Gasteiger partial charge in [-0.1, -0.05) is 41.5 Å². The minimum Gasteiger partial charge on any atom is -0.267 e. The molecule has 0 aliphatic rings. The molecule has 14 heavy (non-hydrogen) atoms. The molecule has 80 valence electrons. The first-order chi connectivity index (χ1) is 6.12. The van der Waals surface area contributed by atoms with Crippen molar-refractivity contribution < 1.29 is 0 Å². The van der Waals surface area contributed by atoms with E-state index in [1.807, 2.05) is 11.7 Å². The molecule has 0 saturated heterocycles. The summed E-state index contributed by atoms with van der Waals surface area (Å²) < 4.78 is 2.04. The molecule has 2 nitrogen and oxygen atoms in total. The highest BCUT2D eigenvalue weighted by atomic mass is 31.0. The van der Waals surface area contributed by atoms with E-state index in [9.17, 15) is 0 Å². The largest absolute Gasteiger partial charge is 0.267 e. The molecule has 0 bridgehead atoms. The van der Waals surface area contributed by atoms with Crippen LogP contribution < -0.4 is 0 Å². The fraction of sp³-hybridized carbons (Fsp3) is 0.818. The minimum atomic E-state index is 0.183. The average Bonchev–Trinajstić information content (AvgIpc) is 2.27. The molecule has 0 N–H and O–H groups in total. The number of rotatable bonds is 0. The zero-order valence-corrected chi connectivity index (χ0v) is 11.2. The first-order valence-electron chi connectivity index (χ1n) is 5.04. The minimum absolute atomic E-state index is 0.183. The summed E-state index contributed by atoms with van der Waals surface area (Å²) in [5, 5.41) is 4.61. The lowest BCUT2D eigenvalue weighted by molar-refractivity contribution is 0.516. The second kappa shape index (κ2) is 3.34. The van der Waals surface area contributed by atoms with Crippen molar-refractivity contribution in [2.75, 3.05) is 0 Å². The van der Waals surface area contributed by atoms with Gasteiger partial charge in [-0.2, -0.15) is 5.10 Å². The van der Waals surface area contributed by atoms with Crippen LogP contribution in [-0.2, 0) is 17.9 Å². The second-order valence-corrected chi connectivity index (χ2v) is 6.95. The average molecular weight is 212 g/mol. The highest BCUT2D eigenvalue weighted by Gasteiger charge is 2.25. The first-order valence-corrected chi connectivity index (χ1v) is 5.94. The first kappa shape index (κ1) is 11.7. The van der Waals surface area contributed by atoms with Crippen LogP contribution in [0, 0.1) is 0 Å². The van der Waals surface area contributed by atoms with Crippen molar-refractivity contribution >= 4 is 8.19 Å². The van der Waals surface area contributed by atoms with Crippen LogP contribution >= 0.6 is 8.19 Å². The fourth-order valence-electron chi connectivity index (χ4n) is 1.36. The van der Waals surface area contributed by atoms with E-state index in [4.69, 9.17) is 0 Å². The summed E-state index contributed by atoms with van der Waals surface area (Å²) in [6.07, 6.45) is 0. The van der Waals surface area contributed by atoms with E-state index in [1.54, 1.807) is 0 Å². The number of hydrogen-bond acceptors (Lipinski definition) is 1. The fourth-order valence-corrected chi connectivity index (χ4v) is 2.60. The van der Waals surface area contributed by atoms with Gasteiger partial charge in [0.15, 0.2) is 0 Å². The Hall–Kier alpha value is -0.360. The molecule has 0 spiro atoms. The molecule has 0 aliphatic heterocycles. The van der Waals surface area contributed by atoms with Crippen LogP contribution in [0.5, 0.6) is 0 Å². The lowest BCUT2D eigenvalue weighted by atomic mass is 9.98. The summed E-state index contributed by atoms with van der Waals surface area (Å²) >= 11 is 0. The molecule has 0 atom stereocenters. The standard InChI is InChI=1S/C11H21N2P/c1-10(2,3)8-12-13(7)9(14-8)11(4,5)6/h1-7H3. The van der Waals surface area contributed by atoms with Gasteiger partial charge in [0, 0.05) is 17.9 Å². The molecule has 0 aromatic carbocycles. The molecule has 0 amide bonds. The number of hydrogen-bond donors (Lipinski definition) is 0. The lowest BCUT2D eigenvalue weighted by Gasteiger charge is -2.17. The number of aromatic nitrogens is 2. The maximum atomic E-state index is 4.61. The molecule has 1 heterocycles. The smallest absolute Gasteiger partial charge is 0.0947 e. The third-order valence-electron chi connectivity index (χ3n) is 2.10. The number of aryl methyl sites for hydroxylation is 1. The van der Waals surface area contributed by atoms with Crippen LogP contribution in [0.25, 0.3) is 0 Å². The van der Waals surface area contributed by atoms with Crippen molar-refractivity contribution in [2.24, 2.45) is 7.05 Å². The van der Waals surface area contributed by atoms with E-state index in [0.717, 1.165) is 0 Å². The zero-order valence-electron chi connectivity index (χ0n) is 10.3. The van der Waals surface area contributed by atoms with Gasteiger partial charge in [-0.05, 0) is 8.19 Å². The monoisotopic (exact) mass is 212 g/mol. The normalized spacial score (nSPS) is 13.9. The predicted octanol–water partition coefficient (Wildman–Crippen LogP) is 3.60. The summed E-state index contributed by atoms with van der Waals surface area (Å²) in [4.78, 5) is 0. The van der Waals surface area contributed by atoms with Crippen LogP contribution in [0.4, 0.5) is 0 Å². The van der Waals surface area contributed by atoms with Gasteiger partial charge in [-0.3, -0.25) is 4.68 Å². The third-order valence-corrected chi connectivity index (χ3v) is 4.25. The highest BCUT2D eigenvalue weighted by Crippen LogP contribution is 2.36. The maximum absolute atomic E-state index is 4.61. The van der Waals surface area contributed by atoms with Crippen LogP contribution in [0.1, 0.15) is 52.4 Å². The molecule has 0 fully saturated rings. The molecule has 0 unspecified atom stereocenters. The Labute approximate surface area is 88.8 Å². The number of nitrogens with zero attached hydrogens (tertiary/aromatic N) is 2. The molecule has 1 aromatic heterocycles. The van der Waals surface area contributed by atoms with Crippen molar-refractivity contribution in [1.82, 2.24) is 9.78 Å². The predicted molar refractivity (Wildman–Crippen MR) is 63.1 cm³/mol.